The van der Waals surface area contributed by atoms with Crippen LogP contribution in [0.1, 0.15) is 13.3 Å². The van der Waals surface area contributed by atoms with Crippen molar-refractivity contribution in [2.24, 2.45) is 0 Å². The summed E-state index contributed by atoms with van der Waals surface area (Å²) < 4.78 is 5.16. The second kappa shape index (κ2) is 5.64. The molecule has 0 aliphatic carbocycles. The molecule has 5 heteroatoms. The molecular weight excluding hydrogens is 232 g/mol. The van der Waals surface area contributed by atoms with Gasteiger partial charge in [0, 0.05) is 6.61 Å². The fourth-order valence-corrected chi connectivity index (χ4v) is 1.89. The molecule has 5 nitrogen and oxygen atoms in total. The zero-order chi connectivity index (χ0) is 13.0. The molecule has 1 heterocycles. The molecule has 18 heavy (non-hydrogen) atoms. The first-order valence-electron chi connectivity index (χ1n) is 5.99. The van der Waals surface area contributed by atoms with Crippen LogP contribution in [0.25, 0.3) is 0 Å². The maximum Gasteiger partial charge on any atom is 0.244 e. The van der Waals surface area contributed by atoms with Gasteiger partial charge in [0.25, 0.3) is 0 Å². The lowest BCUT2D eigenvalue weighted by atomic mass is 10.2. The highest BCUT2D eigenvalue weighted by molar-refractivity contribution is 6.09. The summed E-state index contributed by atoms with van der Waals surface area (Å²) in [5, 5.41) is 2.75. The van der Waals surface area contributed by atoms with Crippen LogP contribution >= 0.6 is 0 Å². The lowest BCUT2D eigenvalue weighted by molar-refractivity contribution is -0.122. The standard InChI is InChI=1S/C13H16N2O3/c1-2-18-8-7-13(17)15-9-12(16)14-10-5-3-4-6-11(10)15/h3-6H,2,7-9H2,1H3,(H,14,16). The quantitative estimate of drug-likeness (QED) is 0.819. The van der Waals surface area contributed by atoms with Crippen LogP contribution in [0, 0.1) is 0 Å². The van der Waals surface area contributed by atoms with Crippen LogP contribution in [0.2, 0.25) is 0 Å². The number of fused-ring (bicyclic) bond motifs is 1. The summed E-state index contributed by atoms with van der Waals surface area (Å²) in [6.45, 7) is 2.93. The predicted octanol–water partition coefficient (Wildman–Crippen LogP) is 1.40. The fraction of sp³-hybridized carbons (Fsp3) is 0.385. The Balaban J connectivity index is 2.13. The molecule has 0 saturated heterocycles. The molecule has 1 aliphatic heterocycles. The van der Waals surface area contributed by atoms with Gasteiger partial charge in [-0.1, -0.05) is 12.1 Å². The minimum Gasteiger partial charge on any atom is -0.381 e. The molecule has 96 valence electrons. The number of hydrogen-bond donors (Lipinski definition) is 1. The van der Waals surface area contributed by atoms with Crippen molar-refractivity contribution < 1.29 is 14.3 Å². The highest BCUT2D eigenvalue weighted by Crippen LogP contribution is 2.29. The number of nitrogens with zero attached hydrogens (tertiary/aromatic N) is 1. The van der Waals surface area contributed by atoms with Crippen LogP contribution in [0.5, 0.6) is 0 Å². The van der Waals surface area contributed by atoms with Crippen LogP contribution in [0.15, 0.2) is 24.3 Å². The van der Waals surface area contributed by atoms with Gasteiger partial charge in [0.2, 0.25) is 11.8 Å². The van der Waals surface area contributed by atoms with Crippen molar-refractivity contribution in [1.29, 1.82) is 0 Å². The average Bonchev–Trinajstić information content (AvgIpc) is 2.38. The molecule has 1 aliphatic rings. The van der Waals surface area contributed by atoms with Crippen molar-refractivity contribution in [3.8, 4) is 0 Å². The molecule has 1 aromatic carbocycles. The minimum absolute atomic E-state index is 0.0714. The third kappa shape index (κ3) is 2.68. The summed E-state index contributed by atoms with van der Waals surface area (Å²) in [5.74, 6) is -0.260. The Labute approximate surface area is 106 Å². The van der Waals surface area contributed by atoms with Gasteiger partial charge in [0.05, 0.1) is 24.4 Å². The molecule has 1 aromatic rings. The van der Waals surface area contributed by atoms with E-state index in [0.29, 0.717) is 18.9 Å². The number of nitrogens with one attached hydrogen (secondary N) is 1. The lowest BCUT2D eigenvalue weighted by Gasteiger charge is -2.29. The van der Waals surface area contributed by atoms with Gasteiger partial charge in [-0.15, -0.1) is 0 Å². The largest absolute Gasteiger partial charge is 0.381 e. The zero-order valence-electron chi connectivity index (χ0n) is 10.3. The number of rotatable bonds is 4. The highest BCUT2D eigenvalue weighted by atomic mass is 16.5. The maximum absolute atomic E-state index is 12.0. The number of para-hydroxylation sites is 2. The van der Waals surface area contributed by atoms with Crippen molar-refractivity contribution >= 4 is 23.2 Å². The summed E-state index contributed by atoms with van der Waals surface area (Å²) in [6, 6.07) is 7.29. The molecule has 0 bridgehead atoms. The summed E-state index contributed by atoms with van der Waals surface area (Å²) in [7, 11) is 0. The number of anilines is 2. The van der Waals surface area contributed by atoms with E-state index in [1.54, 1.807) is 6.07 Å². The van der Waals surface area contributed by atoms with Gasteiger partial charge in [-0.3, -0.25) is 9.59 Å². The van der Waals surface area contributed by atoms with E-state index in [1.807, 2.05) is 25.1 Å². The Morgan fingerprint density at radius 1 is 1.44 bits per heavy atom. The van der Waals surface area contributed by atoms with Crippen molar-refractivity contribution in [2.45, 2.75) is 13.3 Å². The molecule has 0 unspecified atom stereocenters. The molecule has 1 N–H and O–H groups in total. The van der Waals surface area contributed by atoms with Crippen LogP contribution in [0.4, 0.5) is 11.4 Å². The molecule has 0 spiro atoms. The van der Waals surface area contributed by atoms with E-state index >= 15 is 0 Å². The predicted molar refractivity (Wildman–Crippen MR) is 68.5 cm³/mol. The SMILES string of the molecule is CCOCCC(=O)N1CC(=O)Nc2ccccc21. The average molecular weight is 248 g/mol. The van der Waals surface area contributed by atoms with Crippen molar-refractivity contribution in [3.05, 3.63) is 24.3 Å². The van der Waals surface area contributed by atoms with Gasteiger partial charge in [0.15, 0.2) is 0 Å². The third-order valence-corrected chi connectivity index (χ3v) is 2.74. The summed E-state index contributed by atoms with van der Waals surface area (Å²) in [5.41, 5.74) is 1.43. The fourth-order valence-electron chi connectivity index (χ4n) is 1.89. The number of amides is 2. The van der Waals surface area contributed by atoms with Gasteiger partial charge in [0.1, 0.15) is 6.54 Å². The highest BCUT2D eigenvalue weighted by Gasteiger charge is 2.25. The molecular formula is C13H16N2O3. The number of hydrogen-bond acceptors (Lipinski definition) is 3. The number of ether oxygens (including phenoxy) is 1. The van der Waals surface area contributed by atoms with Crippen LogP contribution in [-0.2, 0) is 14.3 Å². The smallest absolute Gasteiger partial charge is 0.244 e. The number of benzene rings is 1. The molecule has 0 fully saturated rings. The first-order valence-corrected chi connectivity index (χ1v) is 5.99. The van der Waals surface area contributed by atoms with Crippen LogP contribution in [-0.4, -0.2) is 31.6 Å². The molecule has 0 aromatic heterocycles. The van der Waals surface area contributed by atoms with E-state index in [4.69, 9.17) is 4.74 Å². The first-order chi connectivity index (χ1) is 8.72. The zero-order valence-corrected chi connectivity index (χ0v) is 10.3. The monoisotopic (exact) mass is 248 g/mol. The lowest BCUT2D eigenvalue weighted by Crippen LogP contribution is -2.42. The van der Waals surface area contributed by atoms with Gasteiger partial charge in [-0.05, 0) is 19.1 Å². The van der Waals surface area contributed by atoms with E-state index in [-0.39, 0.29) is 24.8 Å². The van der Waals surface area contributed by atoms with E-state index < -0.39 is 0 Å². The maximum atomic E-state index is 12.0. The van der Waals surface area contributed by atoms with E-state index in [2.05, 4.69) is 5.32 Å². The first kappa shape index (κ1) is 12.6. The van der Waals surface area contributed by atoms with Crippen molar-refractivity contribution in [1.82, 2.24) is 0 Å². The van der Waals surface area contributed by atoms with Gasteiger partial charge < -0.3 is 15.0 Å². The second-order valence-electron chi connectivity index (χ2n) is 3.99. The van der Waals surface area contributed by atoms with E-state index in [9.17, 15) is 9.59 Å². The molecule has 0 saturated carbocycles. The topological polar surface area (TPSA) is 58.6 Å². The third-order valence-electron chi connectivity index (χ3n) is 2.74. The molecule has 0 atom stereocenters. The second-order valence-corrected chi connectivity index (χ2v) is 3.99. The van der Waals surface area contributed by atoms with Crippen molar-refractivity contribution in [2.75, 3.05) is 30.0 Å². The Kier molecular flexibility index (Phi) is 3.94. The van der Waals surface area contributed by atoms with Crippen molar-refractivity contribution in [3.63, 3.8) is 0 Å². The summed E-state index contributed by atoms with van der Waals surface area (Å²) in [4.78, 5) is 25.1. The van der Waals surface area contributed by atoms with Crippen LogP contribution in [0.3, 0.4) is 0 Å². The van der Waals surface area contributed by atoms with E-state index in [1.165, 1.54) is 4.90 Å². The summed E-state index contributed by atoms with van der Waals surface area (Å²) >= 11 is 0. The van der Waals surface area contributed by atoms with Gasteiger partial charge >= 0.3 is 0 Å². The molecule has 2 amide bonds. The van der Waals surface area contributed by atoms with E-state index in [0.717, 1.165) is 5.69 Å². The van der Waals surface area contributed by atoms with Gasteiger partial charge in [-0.25, -0.2) is 0 Å². The Morgan fingerprint density at radius 3 is 3.00 bits per heavy atom. The Bertz CT molecular complexity index is 459. The summed E-state index contributed by atoms with van der Waals surface area (Å²) in [6.07, 6.45) is 0.287. The Hall–Kier alpha value is -1.88. The molecule has 2 rings (SSSR count). The van der Waals surface area contributed by atoms with Crippen LogP contribution < -0.4 is 10.2 Å². The number of carbonyl (C=O) groups excluding carboxylic acids is 2. The Morgan fingerprint density at radius 2 is 2.22 bits per heavy atom. The normalized spacial score (nSPS) is 14.1. The molecule has 0 radical (unpaired) electrons. The number of carbonyl (C=O) groups is 2. The van der Waals surface area contributed by atoms with Gasteiger partial charge in [-0.2, -0.15) is 0 Å². The minimum atomic E-state index is -0.168.